The maximum Gasteiger partial charge on any atom is 0.163 e. The van der Waals surface area contributed by atoms with Crippen LogP contribution in [0.1, 0.15) is 35.6 Å². The van der Waals surface area contributed by atoms with Crippen LogP contribution in [0.4, 0.5) is 0 Å². The standard InChI is InChI=1S/C20H22N4OS/c1-26(25)19-12-18(16-8-5-11-21-13-16)23-20-17(14-22-24(19)20)10-9-15-6-3-2-4-7-15/h2-4,6-7,9-10,12,14,16,21H,5,8,11,13H2,1H3/b10-9+. The zero-order valence-electron chi connectivity index (χ0n) is 14.8. The molecule has 1 fully saturated rings. The second kappa shape index (κ2) is 7.51. The van der Waals surface area contributed by atoms with Crippen LogP contribution in [-0.4, -0.2) is 38.2 Å². The number of hydrogen-bond acceptors (Lipinski definition) is 4. The van der Waals surface area contributed by atoms with Crippen LogP contribution in [-0.2, 0) is 10.8 Å². The van der Waals surface area contributed by atoms with Gasteiger partial charge in [0.15, 0.2) is 5.65 Å². The lowest BCUT2D eigenvalue weighted by Crippen LogP contribution is -2.29. The van der Waals surface area contributed by atoms with Gasteiger partial charge in [0.25, 0.3) is 0 Å². The van der Waals surface area contributed by atoms with Crippen LogP contribution >= 0.6 is 0 Å². The van der Waals surface area contributed by atoms with Crippen molar-refractivity contribution in [3.63, 3.8) is 0 Å². The van der Waals surface area contributed by atoms with E-state index >= 15 is 0 Å². The van der Waals surface area contributed by atoms with E-state index < -0.39 is 10.8 Å². The molecule has 5 nitrogen and oxygen atoms in total. The fraction of sp³-hybridized carbons (Fsp3) is 0.300. The molecule has 2 unspecified atom stereocenters. The molecule has 0 bridgehead atoms. The van der Waals surface area contributed by atoms with Gasteiger partial charge in [-0.2, -0.15) is 5.10 Å². The first-order chi connectivity index (χ1) is 12.7. The summed E-state index contributed by atoms with van der Waals surface area (Å²) < 4.78 is 14.0. The van der Waals surface area contributed by atoms with E-state index in [0.717, 1.165) is 48.4 Å². The first-order valence-electron chi connectivity index (χ1n) is 8.88. The molecule has 1 aliphatic rings. The fourth-order valence-electron chi connectivity index (χ4n) is 3.36. The normalized spacial score (nSPS) is 19.2. The molecule has 6 heteroatoms. The number of nitrogens with one attached hydrogen (secondary N) is 1. The Labute approximate surface area is 155 Å². The summed E-state index contributed by atoms with van der Waals surface area (Å²) in [6.45, 7) is 1.98. The van der Waals surface area contributed by atoms with Crippen LogP contribution in [0.3, 0.4) is 0 Å². The average Bonchev–Trinajstić information content (AvgIpc) is 3.10. The summed E-state index contributed by atoms with van der Waals surface area (Å²) in [4.78, 5) is 4.89. The number of piperidine rings is 1. The fourth-order valence-corrected chi connectivity index (χ4v) is 4.02. The molecule has 2 aromatic heterocycles. The van der Waals surface area contributed by atoms with E-state index in [2.05, 4.69) is 28.6 Å². The predicted molar refractivity (Wildman–Crippen MR) is 106 cm³/mol. The smallest absolute Gasteiger partial charge is 0.163 e. The summed E-state index contributed by atoms with van der Waals surface area (Å²) in [5.41, 5.74) is 3.83. The molecule has 0 aliphatic carbocycles. The molecule has 26 heavy (non-hydrogen) atoms. The van der Waals surface area contributed by atoms with Gasteiger partial charge in [-0.25, -0.2) is 9.50 Å². The van der Waals surface area contributed by atoms with E-state index in [4.69, 9.17) is 4.98 Å². The molecule has 0 spiro atoms. The molecule has 1 N–H and O–H groups in total. The third-order valence-corrected chi connectivity index (χ3v) is 5.63. The Balaban J connectivity index is 1.78. The lowest BCUT2D eigenvalue weighted by Gasteiger charge is -2.22. The predicted octanol–water partition coefficient (Wildman–Crippen LogP) is 3.10. The van der Waals surface area contributed by atoms with Gasteiger partial charge in [-0.3, -0.25) is 4.21 Å². The van der Waals surface area contributed by atoms with Crippen molar-refractivity contribution in [3.8, 4) is 0 Å². The summed E-state index contributed by atoms with van der Waals surface area (Å²) in [7, 11) is -1.13. The summed E-state index contributed by atoms with van der Waals surface area (Å²) in [5, 5.41) is 8.57. The maximum absolute atomic E-state index is 12.3. The van der Waals surface area contributed by atoms with Gasteiger partial charge in [0.1, 0.15) is 5.03 Å². The molecule has 3 aromatic rings. The van der Waals surface area contributed by atoms with Gasteiger partial charge in [0.2, 0.25) is 0 Å². The quantitative estimate of drug-likeness (QED) is 0.721. The highest BCUT2D eigenvalue weighted by Crippen LogP contribution is 2.25. The summed E-state index contributed by atoms with van der Waals surface area (Å²) in [6, 6.07) is 12.1. The van der Waals surface area contributed by atoms with Crippen molar-refractivity contribution in [2.75, 3.05) is 19.3 Å². The first kappa shape index (κ1) is 17.1. The molecule has 0 amide bonds. The van der Waals surface area contributed by atoms with Crippen LogP contribution in [0.15, 0.2) is 47.6 Å². The van der Waals surface area contributed by atoms with Gasteiger partial charge >= 0.3 is 0 Å². The molecule has 2 atom stereocenters. The summed E-state index contributed by atoms with van der Waals surface area (Å²) in [5.74, 6) is 0.358. The zero-order valence-corrected chi connectivity index (χ0v) is 15.6. The molecule has 0 saturated carbocycles. The minimum Gasteiger partial charge on any atom is -0.316 e. The highest BCUT2D eigenvalue weighted by Gasteiger charge is 2.20. The number of fused-ring (bicyclic) bond motifs is 1. The van der Waals surface area contributed by atoms with Crippen LogP contribution < -0.4 is 5.32 Å². The molecular formula is C20H22N4OS. The Bertz CT molecular complexity index is 959. The van der Waals surface area contributed by atoms with Crippen molar-refractivity contribution in [1.29, 1.82) is 0 Å². The van der Waals surface area contributed by atoms with Gasteiger partial charge in [-0.15, -0.1) is 0 Å². The number of nitrogens with zero attached hydrogens (tertiary/aromatic N) is 3. The van der Waals surface area contributed by atoms with E-state index in [1.807, 2.05) is 30.3 Å². The van der Waals surface area contributed by atoms with Crippen molar-refractivity contribution in [2.45, 2.75) is 23.8 Å². The van der Waals surface area contributed by atoms with E-state index in [1.165, 1.54) is 0 Å². The second-order valence-corrected chi connectivity index (χ2v) is 7.92. The topological polar surface area (TPSA) is 59.3 Å². The molecule has 1 saturated heterocycles. The number of benzene rings is 1. The third kappa shape index (κ3) is 3.48. The molecular weight excluding hydrogens is 344 g/mol. The highest BCUT2D eigenvalue weighted by molar-refractivity contribution is 7.84. The van der Waals surface area contributed by atoms with Crippen LogP contribution in [0.5, 0.6) is 0 Å². The van der Waals surface area contributed by atoms with E-state index in [9.17, 15) is 4.21 Å². The van der Waals surface area contributed by atoms with E-state index in [0.29, 0.717) is 10.9 Å². The molecule has 134 valence electrons. The van der Waals surface area contributed by atoms with Crippen molar-refractivity contribution in [3.05, 3.63) is 59.4 Å². The first-order valence-corrected chi connectivity index (χ1v) is 10.4. The van der Waals surface area contributed by atoms with Gasteiger partial charge in [0.05, 0.1) is 22.7 Å². The lowest BCUT2D eigenvalue weighted by atomic mass is 9.96. The largest absolute Gasteiger partial charge is 0.316 e. The van der Waals surface area contributed by atoms with Crippen molar-refractivity contribution in [1.82, 2.24) is 19.9 Å². The van der Waals surface area contributed by atoms with Crippen LogP contribution in [0.2, 0.25) is 0 Å². The lowest BCUT2D eigenvalue weighted by molar-refractivity contribution is 0.453. The number of rotatable bonds is 4. The monoisotopic (exact) mass is 366 g/mol. The minimum atomic E-state index is -1.13. The van der Waals surface area contributed by atoms with Crippen molar-refractivity contribution < 1.29 is 4.21 Å². The Hall–Kier alpha value is -2.31. The Kier molecular flexibility index (Phi) is 4.95. The van der Waals surface area contributed by atoms with Gasteiger partial charge in [-0.1, -0.05) is 36.4 Å². The minimum absolute atomic E-state index is 0.358. The molecule has 1 aromatic carbocycles. The van der Waals surface area contributed by atoms with Crippen molar-refractivity contribution in [2.24, 2.45) is 0 Å². The maximum atomic E-state index is 12.3. The van der Waals surface area contributed by atoms with Crippen molar-refractivity contribution >= 4 is 28.6 Å². The summed E-state index contributed by atoms with van der Waals surface area (Å²) >= 11 is 0. The second-order valence-electron chi connectivity index (χ2n) is 6.60. The van der Waals surface area contributed by atoms with E-state index in [1.54, 1.807) is 17.0 Å². The van der Waals surface area contributed by atoms with Gasteiger partial charge in [0, 0.05) is 24.3 Å². The third-order valence-electron chi connectivity index (χ3n) is 4.75. The average molecular weight is 366 g/mol. The Morgan fingerprint density at radius 1 is 1.27 bits per heavy atom. The van der Waals surface area contributed by atoms with Gasteiger partial charge in [-0.05, 0) is 37.1 Å². The van der Waals surface area contributed by atoms with Gasteiger partial charge < -0.3 is 5.32 Å². The Morgan fingerprint density at radius 2 is 2.12 bits per heavy atom. The molecule has 1 aliphatic heterocycles. The number of aromatic nitrogens is 3. The van der Waals surface area contributed by atoms with Crippen LogP contribution in [0.25, 0.3) is 17.8 Å². The molecule has 4 rings (SSSR count). The Morgan fingerprint density at radius 3 is 2.85 bits per heavy atom. The SMILES string of the molecule is CS(=O)c1cc(C2CCCNC2)nc2c(/C=C/c3ccccc3)cnn12. The zero-order chi connectivity index (χ0) is 17.9. The van der Waals surface area contributed by atoms with E-state index in [-0.39, 0.29) is 0 Å². The summed E-state index contributed by atoms with van der Waals surface area (Å²) in [6.07, 6.45) is 9.81. The molecule has 3 heterocycles. The highest BCUT2D eigenvalue weighted by atomic mass is 32.2. The van der Waals surface area contributed by atoms with Crippen LogP contribution in [0, 0.1) is 0 Å². The molecule has 0 radical (unpaired) electrons. The number of hydrogen-bond donors (Lipinski definition) is 1.